The van der Waals surface area contributed by atoms with E-state index in [9.17, 15) is 15.3 Å². The second-order valence-electron chi connectivity index (χ2n) is 12.1. The third kappa shape index (κ3) is 6.81. The second-order valence-corrected chi connectivity index (χ2v) is 12.1. The largest absolute Gasteiger partial charge is 0.388 e. The molecule has 0 bridgehead atoms. The minimum atomic E-state index is -1.12. The molecular formula is C28H53NO7. The summed E-state index contributed by atoms with van der Waals surface area (Å²) >= 11 is 0. The van der Waals surface area contributed by atoms with Crippen molar-refractivity contribution in [3.8, 4) is 0 Å². The Kier molecular flexibility index (Phi) is 11.0. The van der Waals surface area contributed by atoms with Crippen molar-refractivity contribution in [2.45, 2.75) is 135 Å². The molecule has 2 aliphatic heterocycles. The summed E-state index contributed by atoms with van der Waals surface area (Å²) in [5.41, 5.74) is 4.68. The quantitative estimate of drug-likeness (QED) is 0.350. The highest BCUT2D eigenvalue weighted by Gasteiger charge is 2.50. The third-order valence-corrected chi connectivity index (χ3v) is 9.16. The van der Waals surface area contributed by atoms with E-state index in [0.717, 1.165) is 38.5 Å². The minimum Gasteiger partial charge on any atom is -0.388 e. The molecule has 2 heterocycles. The van der Waals surface area contributed by atoms with Crippen LogP contribution in [0.2, 0.25) is 0 Å². The molecule has 0 aromatic rings. The van der Waals surface area contributed by atoms with Gasteiger partial charge in [0.25, 0.3) is 0 Å². The van der Waals surface area contributed by atoms with Crippen molar-refractivity contribution in [3.63, 3.8) is 0 Å². The predicted molar refractivity (Wildman–Crippen MR) is 138 cm³/mol. The van der Waals surface area contributed by atoms with Crippen molar-refractivity contribution in [2.75, 3.05) is 13.2 Å². The van der Waals surface area contributed by atoms with Crippen molar-refractivity contribution >= 4 is 0 Å². The molecular weight excluding hydrogens is 462 g/mol. The maximum absolute atomic E-state index is 11.5. The van der Waals surface area contributed by atoms with E-state index in [1.165, 1.54) is 0 Å². The smallest absolute Gasteiger partial charge is 0.184 e. The predicted octanol–water partition coefficient (Wildman–Crippen LogP) is 3.19. The molecule has 212 valence electrons. The summed E-state index contributed by atoms with van der Waals surface area (Å²) < 4.78 is 25.2. The molecule has 8 nitrogen and oxygen atoms in total. The van der Waals surface area contributed by atoms with Crippen LogP contribution in [0.4, 0.5) is 0 Å². The first-order valence-corrected chi connectivity index (χ1v) is 14.4. The molecule has 6 unspecified atom stereocenters. The lowest BCUT2D eigenvalue weighted by molar-refractivity contribution is -0.325. The lowest BCUT2D eigenvalue weighted by Crippen LogP contribution is -2.60. The lowest BCUT2D eigenvalue weighted by Gasteiger charge is -2.49. The van der Waals surface area contributed by atoms with Gasteiger partial charge in [-0.2, -0.15) is 0 Å². The number of aliphatic hydroxyl groups is 3. The van der Waals surface area contributed by atoms with Gasteiger partial charge in [0.15, 0.2) is 12.6 Å². The van der Waals surface area contributed by atoms with Crippen LogP contribution < -0.4 is 5.73 Å². The Morgan fingerprint density at radius 3 is 2.25 bits per heavy atom. The first-order chi connectivity index (χ1) is 17.0. The van der Waals surface area contributed by atoms with Crippen molar-refractivity contribution < 1.29 is 34.3 Å². The summed E-state index contributed by atoms with van der Waals surface area (Å²) in [4.78, 5) is 0. The molecule has 8 heteroatoms. The highest BCUT2D eigenvalue weighted by Crippen LogP contribution is 2.40. The second kappa shape index (κ2) is 13.2. The van der Waals surface area contributed by atoms with Gasteiger partial charge in [-0.3, -0.25) is 0 Å². The van der Waals surface area contributed by atoms with Crippen LogP contribution >= 0.6 is 0 Å². The molecule has 1 aliphatic carbocycles. The van der Waals surface area contributed by atoms with E-state index in [1.807, 2.05) is 6.92 Å². The van der Waals surface area contributed by atoms with Gasteiger partial charge in [-0.05, 0) is 69.7 Å². The zero-order valence-corrected chi connectivity index (χ0v) is 23.3. The zero-order chi connectivity index (χ0) is 26.6. The van der Waals surface area contributed by atoms with Crippen LogP contribution in [0.25, 0.3) is 0 Å². The van der Waals surface area contributed by atoms with E-state index in [1.54, 1.807) is 6.92 Å². The normalized spacial score (nSPS) is 47.0. The Morgan fingerprint density at radius 1 is 1.03 bits per heavy atom. The van der Waals surface area contributed by atoms with Gasteiger partial charge < -0.3 is 40.0 Å². The molecule has 0 aromatic heterocycles. The van der Waals surface area contributed by atoms with Crippen molar-refractivity contribution in [3.05, 3.63) is 0 Å². The van der Waals surface area contributed by atoms with E-state index in [4.69, 9.17) is 24.7 Å². The molecule has 0 aromatic carbocycles. The average molecular weight is 516 g/mol. The average Bonchev–Trinajstić information content (AvgIpc) is 2.84. The maximum Gasteiger partial charge on any atom is 0.184 e. The summed E-state index contributed by atoms with van der Waals surface area (Å²) in [7, 11) is 0. The van der Waals surface area contributed by atoms with Gasteiger partial charge in [-0.25, -0.2) is 0 Å². The highest BCUT2D eigenvalue weighted by atomic mass is 16.7. The maximum atomic E-state index is 11.5. The van der Waals surface area contributed by atoms with Gasteiger partial charge in [0.2, 0.25) is 0 Å². The monoisotopic (exact) mass is 515 g/mol. The summed E-state index contributed by atoms with van der Waals surface area (Å²) in [6.45, 7) is 12.9. The SMILES string of the molecule is CCC(C)[C@@H]1CC[C@@H](CCCN)C(OC2[C@H](O)C(OC3OC[C@](C)(O)C(CC)[C@H]3O)[C@H](C)C[C@@H]2C)O1. The summed E-state index contributed by atoms with van der Waals surface area (Å²) in [6, 6.07) is 0. The van der Waals surface area contributed by atoms with Gasteiger partial charge in [-0.1, -0.05) is 41.0 Å². The molecule has 1 saturated carbocycles. The van der Waals surface area contributed by atoms with Crippen molar-refractivity contribution in [1.82, 2.24) is 0 Å². The van der Waals surface area contributed by atoms with Crippen LogP contribution in [0.1, 0.15) is 86.5 Å². The molecule has 36 heavy (non-hydrogen) atoms. The zero-order valence-electron chi connectivity index (χ0n) is 23.3. The molecule has 5 N–H and O–H groups in total. The molecule has 3 aliphatic rings. The third-order valence-electron chi connectivity index (χ3n) is 9.16. The van der Waals surface area contributed by atoms with Crippen molar-refractivity contribution in [1.29, 1.82) is 0 Å². The highest BCUT2D eigenvalue weighted by molar-refractivity contribution is 4.96. The van der Waals surface area contributed by atoms with E-state index in [0.29, 0.717) is 18.9 Å². The molecule has 3 fully saturated rings. The standard InChI is InChI=1S/C28H53NO7/c1-7-16(3)21-12-11-19(10-9-13-29)26(34-21)35-24-17(4)14-18(5)25(23(24)31)36-27-22(30)20(8-2)28(6,32)15-33-27/h16-27,30-32H,7-15,29H2,1-6H3/t16?,17-,18+,19+,20?,21-,22+,23-,24?,25?,26?,27?,28-/m0/s1. The number of aliphatic hydroxyl groups excluding tert-OH is 2. The summed E-state index contributed by atoms with van der Waals surface area (Å²) in [6.07, 6.45) is 2.42. The first kappa shape index (κ1) is 30.2. The van der Waals surface area contributed by atoms with Crippen molar-refractivity contribution in [2.24, 2.45) is 35.3 Å². The van der Waals surface area contributed by atoms with Gasteiger partial charge in [0, 0.05) is 11.8 Å². The van der Waals surface area contributed by atoms with Crippen LogP contribution in [-0.2, 0) is 18.9 Å². The number of rotatable bonds is 10. The van der Waals surface area contributed by atoms with E-state index in [-0.39, 0.29) is 42.7 Å². The fraction of sp³-hybridized carbons (Fsp3) is 1.00. The number of ether oxygens (including phenoxy) is 4. The summed E-state index contributed by atoms with van der Waals surface area (Å²) in [5.74, 6) is 0.517. The molecule has 2 saturated heterocycles. The van der Waals surface area contributed by atoms with Gasteiger partial charge in [0.1, 0.15) is 12.2 Å². The van der Waals surface area contributed by atoms with E-state index in [2.05, 4.69) is 27.7 Å². The van der Waals surface area contributed by atoms with Crippen LogP contribution in [0.5, 0.6) is 0 Å². The van der Waals surface area contributed by atoms with E-state index < -0.39 is 36.3 Å². The molecule has 0 spiro atoms. The fourth-order valence-electron chi connectivity index (χ4n) is 6.62. The molecule has 13 atom stereocenters. The molecule has 3 rings (SSSR count). The Balaban J connectivity index is 1.72. The summed E-state index contributed by atoms with van der Waals surface area (Å²) in [5, 5.41) is 33.1. The molecule has 0 radical (unpaired) electrons. The van der Waals surface area contributed by atoms with Crippen LogP contribution in [-0.4, -0.2) is 77.2 Å². The Hall–Kier alpha value is -0.320. The first-order valence-electron chi connectivity index (χ1n) is 14.4. The molecule has 0 amide bonds. The van der Waals surface area contributed by atoms with E-state index >= 15 is 0 Å². The minimum absolute atomic E-state index is 0.0568. The lowest BCUT2D eigenvalue weighted by atomic mass is 9.76. The van der Waals surface area contributed by atoms with Crippen LogP contribution in [0, 0.1) is 29.6 Å². The van der Waals surface area contributed by atoms with Crippen LogP contribution in [0.3, 0.4) is 0 Å². The van der Waals surface area contributed by atoms with Gasteiger partial charge >= 0.3 is 0 Å². The van der Waals surface area contributed by atoms with Crippen LogP contribution in [0.15, 0.2) is 0 Å². The fourth-order valence-corrected chi connectivity index (χ4v) is 6.62. The topological polar surface area (TPSA) is 124 Å². The number of hydrogen-bond acceptors (Lipinski definition) is 8. The number of hydrogen-bond donors (Lipinski definition) is 4. The van der Waals surface area contributed by atoms with Gasteiger partial charge in [0.05, 0.1) is 30.5 Å². The Bertz CT molecular complexity index is 664. The number of nitrogens with two attached hydrogens (primary N) is 1. The Labute approximate surface area is 218 Å². The van der Waals surface area contributed by atoms with Gasteiger partial charge in [-0.15, -0.1) is 0 Å². The Morgan fingerprint density at radius 2 is 1.67 bits per heavy atom.